The topological polar surface area (TPSA) is 34.1 Å². The van der Waals surface area contributed by atoms with Crippen LogP contribution in [0.3, 0.4) is 0 Å². The molecule has 0 amide bonds. The van der Waals surface area contributed by atoms with Crippen molar-refractivity contribution in [3.8, 4) is 0 Å². The standard InChI is InChI=1S/C21H30O2S/c1-20-9-7-14(22)11-13(20)3-4-15-16-5-6-18(19(23)12-24)21(16,2)10-8-17(15)20/h11,15-18,24H,3-10,12H2,1-2H3/t15-,16-,17-,18+,20-,21-/m0/s1. The van der Waals surface area contributed by atoms with Crippen LogP contribution < -0.4 is 0 Å². The summed E-state index contributed by atoms with van der Waals surface area (Å²) in [6.07, 6.45) is 10.8. The lowest BCUT2D eigenvalue weighted by atomic mass is 9.46. The summed E-state index contributed by atoms with van der Waals surface area (Å²) in [6, 6.07) is 0. The highest BCUT2D eigenvalue weighted by Crippen LogP contribution is 2.66. The molecule has 132 valence electrons. The largest absolute Gasteiger partial charge is 0.298 e. The highest BCUT2D eigenvalue weighted by Gasteiger charge is 2.59. The van der Waals surface area contributed by atoms with E-state index in [0.717, 1.165) is 31.6 Å². The molecule has 4 aliphatic rings. The smallest absolute Gasteiger partial charge is 0.155 e. The first-order valence-corrected chi connectivity index (χ1v) is 10.4. The average Bonchev–Trinajstić information content (AvgIpc) is 2.92. The Morgan fingerprint density at radius 2 is 1.92 bits per heavy atom. The van der Waals surface area contributed by atoms with Crippen molar-refractivity contribution in [1.29, 1.82) is 0 Å². The van der Waals surface area contributed by atoms with Gasteiger partial charge >= 0.3 is 0 Å². The normalized spacial score (nSPS) is 47.5. The van der Waals surface area contributed by atoms with Gasteiger partial charge in [0.25, 0.3) is 0 Å². The molecule has 0 heterocycles. The van der Waals surface area contributed by atoms with Gasteiger partial charge in [-0.05, 0) is 79.6 Å². The molecular weight excluding hydrogens is 316 g/mol. The van der Waals surface area contributed by atoms with Crippen LogP contribution in [-0.2, 0) is 9.59 Å². The number of carbonyl (C=O) groups excluding carboxylic acids is 2. The number of carbonyl (C=O) groups is 2. The number of fused-ring (bicyclic) bond motifs is 5. The molecule has 0 radical (unpaired) electrons. The van der Waals surface area contributed by atoms with Crippen LogP contribution in [0.1, 0.15) is 65.2 Å². The fourth-order valence-electron chi connectivity index (χ4n) is 7.20. The quantitative estimate of drug-likeness (QED) is 0.740. The molecule has 0 aromatic rings. The molecule has 0 N–H and O–H groups in total. The van der Waals surface area contributed by atoms with Gasteiger partial charge in [-0.1, -0.05) is 19.4 Å². The van der Waals surface area contributed by atoms with Gasteiger partial charge in [0.1, 0.15) is 5.78 Å². The number of allylic oxidation sites excluding steroid dienone is 1. The zero-order valence-corrected chi connectivity index (χ0v) is 15.9. The minimum absolute atomic E-state index is 0.197. The SMILES string of the molecule is C[C@]12CC[C@H]3[C@@H](CCC4=CC(=O)CC[C@@]43C)[C@@H]1CC[C@@H]2C(=O)CS. The van der Waals surface area contributed by atoms with Gasteiger partial charge in [-0.3, -0.25) is 9.59 Å². The summed E-state index contributed by atoms with van der Waals surface area (Å²) in [6.45, 7) is 4.82. The second-order valence-corrected chi connectivity index (χ2v) is 9.58. The Labute approximate surface area is 151 Å². The first-order chi connectivity index (χ1) is 11.4. The second-order valence-electron chi connectivity index (χ2n) is 9.27. The zero-order chi connectivity index (χ0) is 17.1. The van der Waals surface area contributed by atoms with Crippen molar-refractivity contribution < 1.29 is 9.59 Å². The minimum atomic E-state index is 0.197. The molecule has 0 aliphatic heterocycles. The van der Waals surface area contributed by atoms with E-state index >= 15 is 0 Å². The van der Waals surface area contributed by atoms with Crippen molar-refractivity contribution in [1.82, 2.24) is 0 Å². The lowest BCUT2D eigenvalue weighted by Gasteiger charge is -2.58. The first kappa shape index (κ1) is 16.9. The molecule has 0 spiro atoms. The van der Waals surface area contributed by atoms with Crippen molar-refractivity contribution in [3.63, 3.8) is 0 Å². The molecule has 3 saturated carbocycles. The van der Waals surface area contributed by atoms with E-state index in [0.29, 0.717) is 29.2 Å². The fraction of sp³-hybridized carbons (Fsp3) is 0.810. The van der Waals surface area contributed by atoms with Gasteiger partial charge in [0.15, 0.2) is 5.78 Å². The predicted octanol–water partition coefficient (Wildman–Crippen LogP) is 4.63. The Morgan fingerprint density at radius 1 is 1.12 bits per heavy atom. The third kappa shape index (κ3) is 2.22. The maximum atomic E-state index is 12.4. The van der Waals surface area contributed by atoms with Gasteiger partial charge in [-0.25, -0.2) is 0 Å². The van der Waals surface area contributed by atoms with E-state index in [9.17, 15) is 9.59 Å². The lowest BCUT2D eigenvalue weighted by molar-refractivity contribution is -0.128. The average molecular weight is 347 g/mol. The molecule has 3 heteroatoms. The van der Waals surface area contributed by atoms with E-state index in [-0.39, 0.29) is 16.7 Å². The summed E-state index contributed by atoms with van der Waals surface area (Å²) in [4.78, 5) is 24.3. The second kappa shape index (κ2) is 5.72. The van der Waals surface area contributed by atoms with E-state index in [1.807, 2.05) is 6.08 Å². The zero-order valence-electron chi connectivity index (χ0n) is 15.0. The van der Waals surface area contributed by atoms with Crippen LogP contribution in [0, 0.1) is 34.5 Å². The third-order valence-electron chi connectivity index (χ3n) is 8.51. The van der Waals surface area contributed by atoms with E-state index < -0.39 is 0 Å². The molecule has 4 rings (SSSR count). The maximum Gasteiger partial charge on any atom is 0.155 e. The number of thiol groups is 1. The summed E-state index contributed by atoms with van der Waals surface area (Å²) in [5, 5.41) is 0. The Balaban J connectivity index is 1.65. The summed E-state index contributed by atoms with van der Waals surface area (Å²) in [7, 11) is 0. The summed E-state index contributed by atoms with van der Waals surface area (Å²) >= 11 is 4.27. The Kier molecular flexibility index (Phi) is 4.02. The molecule has 0 aromatic carbocycles. The number of rotatable bonds is 2. The van der Waals surface area contributed by atoms with Crippen LogP contribution in [0.25, 0.3) is 0 Å². The molecular formula is C21H30O2S. The van der Waals surface area contributed by atoms with Crippen LogP contribution in [0.15, 0.2) is 11.6 Å². The van der Waals surface area contributed by atoms with Crippen molar-refractivity contribution in [3.05, 3.63) is 11.6 Å². The predicted molar refractivity (Wildman–Crippen MR) is 99.1 cm³/mol. The Hall–Kier alpha value is -0.570. The highest BCUT2D eigenvalue weighted by atomic mass is 32.1. The number of Topliss-reactive ketones (excluding diaryl/α,β-unsaturated/α-hetero) is 1. The van der Waals surface area contributed by atoms with E-state index in [4.69, 9.17) is 0 Å². The number of hydrogen-bond donors (Lipinski definition) is 1. The summed E-state index contributed by atoms with van der Waals surface area (Å²) in [5.74, 6) is 3.49. The molecule has 3 fully saturated rings. The summed E-state index contributed by atoms with van der Waals surface area (Å²) in [5.41, 5.74) is 1.87. The van der Waals surface area contributed by atoms with Crippen LogP contribution in [0.2, 0.25) is 0 Å². The number of ketones is 2. The molecule has 0 saturated heterocycles. The van der Waals surface area contributed by atoms with Gasteiger partial charge in [0.2, 0.25) is 0 Å². The van der Waals surface area contributed by atoms with E-state index in [1.54, 1.807) is 0 Å². The van der Waals surface area contributed by atoms with Gasteiger partial charge < -0.3 is 0 Å². The van der Waals surface area contributed by atoms with Crippen LogP contribution in [0.4, 0.5) is 0 Å². The van der Waals surface area contributed by atoms with E-state index in [1.165, 1.54) is 31.3 Å². The number of hydrogen-bond acceptors (Lipinski definition) is 3. The monoisotopic (exact) mass is 346 g/mol. The molecule has 4 aliphatic carbocycles. The van der Waals surface area contributed by atoms with Crippen molar-refractivity contribution in [2.75, 3.05) is 5.75 Å². The summed E-state index contributed by atoms with van der Waals surface area (Å²) < 4.78 is 0. The van der Waals surface area contributed by atoms with Crippen molar-refractivity contribution >= 4 is 24.2 Å². The van der Waals surface area contributed by atoms with Crippen molar-refractivity contribution in [2.24, 2.45) is 34.5 Å². The van der Waals surface area contributed by atoms with Gasteiger partial charge in [-0.2, -0.15) is 12.6 Å². The van der Waals surface area contributed by atoms with E-state index in [2.05, 4.69) is 26.5 Å². The minimum Gasteiger partial charge on any atom is -0.298 e. The third-order valence-corrected chi connectivity index (χ3v) is 8.82. The highest BCUT2D eigenvalue weighted by molar-refractivity contribution is 7.81. The molecule has 0 unspecified atom stereocenters. The molecule has 0 bridgehead atoms. The maximum absolute atomic E-state index is 12.4. The van der Waals surface area contributed by atoms with Gasteiger partial charge in [0, 0.05) is 18.1 Å². The van der Waals surface area contributed by atoms with Crippen molar-refractivity contribution in [2.45, 2.75) is 65.2 Å². The lowest BCUT2D eigenvalue weighted by Crippen LogP contribution is -2.51. The fourth-order valence-corrected chi connectivity index (χ4v) is 7.42. The molecule has 6 atom stereocenters. The molecule has 2 nitrogen and oxygen atoms in total. The molecule has 24 heavy (non-hydrogen) atoms. The Bertz CT molecular complexity index is 609. The van der Waals surface area contributed by atoms with Crippen LogP contribution in [-0.4, -0.2) is 17.3 Å². The van der Waals surface area contributed by atoms with Crippen LogP contribution >= 0.6 is 12.6 Å². The molecule has 0 aromatic heterocycles. The van der Waals surface area contributed by atoms with Crippen LogP contribution in [0.5, 0.6) is 0 Å². The Morgan fingerprint density at radius 3 is 2.67 bits per heavy atom. The van der Waals surface area contributed by atoms with Gasteiger partial charge in [-0.15, -0.1) is 0 Å². The van der Waals surface area contributed by atoms with Gasteiger partial charge in [0.05, 0.1) is 0 Å². The first-order valence-electron chi connectivity index (χ1n) is 9.77.